The van der Waals surface area contributed by atoms with Crippen LogP contribution in [0.15, 0.2) is 22.7 Å². The molecular formula is C15H19BrF3NO. The third-order valence-electron chi connectivity index (χ3n) is 3.54. The van der Waals surface area contributed by atoms with E-state index in [-0.39, 0.29) is 29.3 Å². The number of benzene rings is 1. The van der Waals surface area contributed by atoms with E-state index in [0.29, 0.717) is 4.47 Å². The molecule has 0 heterocycles. The Morgan fingerprint density at radius 2 is 1.86 bits per heavy atom. The molecule has 1 atom stereocenters. The number of nitrogens with one attached hydrogen (secondary N) is 1. The van der Waals surface area contributed by atoms with Crippen molar-refractivity contribution in [3.05, 3.63) is 28.2 Å². The molecule has 1 aromatic carbocycles. The van der Waals surface area contributed by atoms with Crippen molar-refractivity contribution in [3.8, 4) is 0 Å². The van der Waals surface area contributed by atoms with Crippen molar-refractivity contribution >= 4 is 27.5 Å². The van der Waals surface area contributed by atoms with E-state index < -0.39 is 11.7 Å². The molecule has 1 rings (SSSR count). The molecule has 0 aliphatic heterocycles. The molecule has 1 aromatic rings. The van der Waals surface area contributed by atoms with Gasteiger partial charge in [0.1, 0.15) is 0 Å². The Bertz CT molecular complexity index is 521. The molecule has 0 saturated carbocycles. The summed E-state index contributed by atoms with van der Waals surface area (Å²) in [6.07, 6.45) is -4.18. The van der Waals surface area contributed by atoms with Gasteiger partial charge in [-0.15, -0.1) is 0 Å². The van der Waals surface area contributed by atoms with Crippen molar-refractivity contribution in [1.82, 2.24) is 0 Å². The Hall–Kier alpha value is -1.04. The van der Waals surface area contributed by atoms with Gasteiger partial charge in [0, 0.05) is 10.9 Å². The van der Waals surface area contributed by atoms with Gasteiger partial charge in [0.05, 0.1) is 11.3 Å². The molecule has 0 bridgehead atoms. The van der Waals surface area contributed by atoms with Gasteiger partial charge < -0.3 is 5.32 Å². The van der Waals surface area contributed by atoms with Crippen LogP contribution in [0.1, 0.15) is 39.7 Å². The summed E-state index contributed by atoms with van der Waals surface area (Å²) >= 11 is 3.15. The van der Waals surface area contributed by atoms with Gasteiger partial charge in [-0.1, -0.05) is 27.7 Å². The molecule has 2 nitrogen and oxygen atoms in total. The summed E-state index contributed by atoms with van der Waals surface area (Å²) in [4.78, 5) is 12.0. The molecule has 0 aromatic heterocycles. The summed E-state index contributed by atoms with van der Waals surface area (Å²) in [5.41, 5.74) is -0.691. The Morgan fingerprint density at radius 1 is 1.29 bits per heavy atom. The summed E-state index contributed by atoms with van der Waals surface area (Å²) < 4.78 is 38.4. The van der Waals surface area contributed by atoms with Gasteiger partial charge in [-0.05, 0) is 45.5 Å². The van der Waals surface area contributed by atoms with Crippen molar-refractivity contribution in [1.29, 1.82) is 0 Å². The van der Waals surface area contributed by atoms with Gasteiger partial charge in [-0.2, -0.15) is 13.2 Å². The van der Waals surface area contributed by atoms with Crippen molar-refractivity contribution in [2.45, 2.75) is 40.3 Å². The maximum absolute atomic E-state index is 12.7. The average Bonchev–Trinajstić information content (AvgIpc) is 2.29. The molecule has 1 amide bonds. The average molecular weight is 366 g/mol. The number of alkyl halides is 3. The molecule has 0 fully saturated rings. The maximum atomic E-state index is 12.7. The lowest BCUT2D eigenvalue weighted by Gasteiger charge is -2.26. The quantitative estimate of drug-likeness (QED) is 0.754. The van der Waals surface area contributed by atoms with Gasteiger partial charge in [-0.25, -0.2) is 0 Å². The third kappa shape index (κ3) is 5.34. The van der Waals surface area contributed by atoms with E-state index in [1.807, 2.05) is 27.7 Å². The van der Waals surface area contributed by atoms with Gasteiger partial charge in [0.2, 0.25) is 5.91 Å². The first-order chi connectivity index (χ1) is 9.41. The summed E-state index contributed by atoms with van der Waals surface area (Å²) in [5, 5.41) is 2.54. The molecule has 0 spiro atoms. The Labute approximate surface area is 131 Å². The van der Waals surface area contributed by atoms with Crippen LogP contribution >= 0.6 is 15.9 Å². The molecule has 21 heavy (non-hydrogen) atoms. The fourth-order valence-corrected chi connectivity index (χ4v) is 1.93. The van der Waals surface area contributed by atoms with Crippen LogP contribution in [0.5, 0.6) is 0 Å². The predicted octanol–water partition coefficient (Wildman–Crippen LogP) is 5.48. The van der Waals surface area contributed by atoms with E-state index in [1.165, 1.54) is 6.07 Å². The molecule has 0 radical (unpaired) electrons. The van der Waals surface area contributed by atoms with Crippen molar-refractivity contribution in [3.63, 3.8) is 0 Å². The Morgan fingerprint density at radius 3 is 2.33 bits per heavy atom. The van der Waals surface area contributed by atoms with Crippen LogP contribution in [-0.2, 0) is 11.0 Å². The fourth-order valence-electron chi connectivity index (χ4n) is 1.58. The number of hydrogen-bond donors (Lipinski definition) is 1. The maximum Gasteiger partial charge on any atom is 0.416 e. The second kappa shape index (κ2) is 6.38. The van der Waals surface area contributed by atoms with E-state index >= 15 is 0 Å². The smallest absolute Gasteiger partial charge is 0.325 e. The zero-order valence-corrected chi connectivity index (χ0v) is 14.0. The van der Waals surface area contributed by atoms with Crippen LogP contribution in [0.25, 0.3) is 0 Å². The number of carbonyl (C=O) groups excluding carboxylic acids is 1. The zero-order valence-electron chi connectivity index (χ0n) is 12.4. The molecule has 6 heteroatoms. The lowest BCUT2D eigenvalue weighted by Crippen LogP contribution is -2.24. The molecular weight excluding hydrogens is 347 g/mol. The van der Waals surface area contributed by atoms with E-state index in [9.17, 15) is 18.0 Å². The summed E-state index contributed by atoms with van der Waals surface area (Å²) in [7, 11) is 0. The first kappa shape index (κ1) is 18.0. The fraction of sp³-hybridized carbons (Fsp3) is 0.533. The van der Waals surface area contributed by atoms with E-state index in [1.54, 1.807) is 0 Å². The highest BCUT2D eigenvalue weighted by Gasteiger charge is 2.31. The molecule has 118 valence electrons. The van der Waals surface area contributed by atoms with Crippen LogP contribution in [0, 0.1) is 11.3 Å². The number of anilines is 1. The highest BCUT2D eigenvalue weighted by molar-refractivity contribution is 9.10. The van der Waals surface area contributed by atoms with Crippen LogP contribution < -0.4 is 5.32 Å². The van der Waals surface area contributed by atoms with Crippen molar-refractivity contribution in [2.24, 2.45) is 11.3 Å². The minimum absolute atomic E-state index is 0.0393. The topological polar surface area (TPSA) is 29.1 Å². The minimum Gasteiger partial charge on any atom is -0.325 e. The number of carbonyl (C=O) groups is 1. The molecule has 0 aliphatic rings. The third-order valence-corrected chi connectivity index (χ3v) is 4.23. The molecule has 0 saturated heterocycles. The monoisotopic (exact) mass is 365 g/mol. The number of amides is 1. The van der Waals surface area contributed by atoms with Gasteiger partial charge in [-0.3, -0.25) is 4.79 Å². The van der Waals surface area contributed by atoms with Crippen LogP contribution in [0.4, 0.5) is 18.9 Å². The van der Waals surface area contributed by atoms with Crippen LogP contribution in [-0.4, -0.2) is 5.91 Å². The Kier molecular flexibility index (Phi) is 5.47. The first-order valence-electron chi connectivity index (χ1n) is 6.58. The second-order valence-corrected chi connectivity index (χ2v) is 7.07. The zero-order chi connectivity index (χ0) is 16.4. The Balaban J connectivity index is 2.86. The standard InChI is InChI=1S/C15H19BrF3NO/c1-9(14(2,3)4)7-13(21)20-12-8-10(15(17,18)19)5-6-11(12)16/h5-6,8-9H,7H2,1-4H3,(H,20,21). The number of hydrogen-bond acceptors (Lipinski definition) is 1. The molecule has 0 aliphatic carbocycles. The van der Waals surface area contributed by atoms with E-state index in [4.69, 9.17) is 0 Å². The number of halogens is 4. The van der Waals surface area contributed by atoms with Gasteiger partial charge in [0.15, 0.2) is 0 Å². The minimum atomic E-state index is -4.43. The first-order valence-corrected chi connectivity index (χ1v) is 7.37. The normalized spacial score (nSPS) is 13.9. The molecule has 1 unspecified atom stereocenters. The van der Waals surface area contributed by atoms with E-state index in [2.05, 4.69) is 21.2 Å². The number of rotatable bonds is 3. The molecule has 1 N–H and O–H groups in total. The lowest BCUT2D eigenvalue weighted by molar-refractivity contribution is -0.137. The highest BCUT2D eigenvalue weighted by Crippen LogP contribution is 2.34. The van der Waals surface area contributed by atoms with Gasteiger partial charge in [0.25, 0.3) is 0 Å². The largest absolute Gasteiger partial charge is 0.416 e. The summed E-state index contributed by atoms with van der Waals surface area (Å²) in [6, 6.07) is 3.19. The van der Waals surface area contributed by atoms with Crippen LogP contribution in [0.3, 0.4) is 0 Å². The summed E-state index contributed by atoms with van der Waals surface area (Å²) in [6.45, 7) is 8.00. The highest BCUT2D eigenvalue weighted by atomic mass is 79.9. The van der Waals surface area contributed by atoms with Crippen molar-refractivity contribution in [2.75, 3.05) is 5.32 Å². The predicted molar refractivity (Wildman–Crippen MR) is 81.0 cm³/mol. The SMILES string of the molecule is CC(CC(=O)Nc1cc(C(F)(F)F)ccc1Br)C(C)(C)C. The van der Waals surface area contributed by atoms with Crippen molar-refractivity contribution < 1.29 is 18.0 Å². The second-order valence-electron chi connectivity index (χ2n) is 6.21. The summed E-state index contributed by atoms with van der Waals surface area (Å²) in [5.74, 6) is -0.181. The van der Waals surface area contributed by atoms with E-state index in [0.717, 1.165) is 12.1 Å². The van der Waals surface area contributed by atoms with Crippen LogP contribution in [0.2, 0.25) is 0 Å². The van der Waals surface area contributed by atoms with Gasteiger partial charge >= 0.3 is 6.18 Å². The lowest BCUT2D eigenvalue weighted by atomic mass is 9.80.